The highest BCUT2D eigenvalue weighted by Gasteiger charge is 2.41. The van der Waals surface area contributed by atoms with E-state index >= 15 is 4.39 Å². The Labute approximate surface area is 138 Å². The number of carbonyl (C=O) groups is 1. The first-order chi connectivity index (χ1) is 11.3. The van der Waals surface area contributed by atoms with Gasteiger partial charge in [0.1, 0.15) is 18.0 Å². The molecule has 1 aromatic carbocycles. The van der Waals surface area contributed by atoms with Crippen LogP contribution in [0.1, 0.15) is 18.4 Å². The number of rotatable bonds is 2. The second-order valence-electron chi connectivity index (χ2n) is 6.28. The van der Waals surface area contributed by atoms with Crippen molar-refractivity contribution in [2.45, 2.75) is 24.9 Å². The maximum absolute atomic E-state index is 15.1. The Morgan fingerprint density at radius 3 is 2.62 bits per heavy atom. The summed E-state index contributed by atoms with van der Waals surface area (Å²) in [4.78, 5) is 13.6. The molecule has 2 atom stereocenters. The van der Waals surface area contributed by atoms with Gasteiger partial charge in [0.2, 0.25) is 0 Å². The smallest absolute Gasteiger partial charge is 0.326 e. The molecule has 0 radical (unpaired) electrons. The zero-order chi connectivity index (χ0) is 17.2. The van der Waals surface area contributed by atoms with E-state index in [-0.39, 0.29) is 17.6 Å². The second kappa shape index (κ2) is 4.93. The number of halogens is 1. The van der Waals surface area contributed by atoms with E-state index in [1.165, 1.54) is 12.1 Å². The number of fused-ring (bicyclic) bond motifs is 2. The Balaban J connectivity index is 1.83. The van der Waals surface area contributed by atoms with Crippen LogP contribution in [-0.2, 0) is 15.0 Å². The van der Waals surface area contributed by atoms with Crippen molar-refractivity contribution in [2.75, 3.05) is 17.9 Å². The van der Waals surface area contributed by atoms with Gasteiger partial charge in [0.05, 0.1) is 0 Å². The van der Waals surface area contributed by atoms with Gasteiger partial charge in [-0.2, -0.15) is 8.42 Å². The molecule has 128 valence electrons. The molecule has 2 saturated heterocycles. The van der Waals surface area contributed by atoms with E-state index in [4.69, 9.17) is 0 Å². The summed E-state index contributed by atoms with van der Waals surface area (Å²) < 4.78 is 41.4. The lowest BCUT2D eigenvalue weighted by Crippen LogP contribution is -2.30. The largest absolute Gasteiger partial charge is 0.506 e. The van der Waals surface area contributed by atoms with Crippen LogP contribution in [0.15, 0.2) is 18.2 Å². The molecule has 4 rings (SSSR count). The molecule has 3 aliphatic rings. The summed E-state index contributed by atoms with van der Waals surface area (Å²) in [5.41, 5.74) is 0.567. The number of hydrogen-bond acceptors (Lipinski definition) is 5. The standard InChI is InChI=1S/C15H16FN3O4S/c1-18-8-2-4-11(18)10(6-8)9-3-5-12(20)15(14(9)16)19-7-13(21)17-24(19,22)23/h3,5-6,8,11,20H,2,4,7H2,1H3,(H,17,21). The first kappa shape index (κ1) is 15.4. The van der Waals surface area contributed by atoms with E-state index in [1.54, 1.807) is 4.72 Å². The average Bonchev–Trinajstić information content (AvgIpc) is 3.09. The van der Waals surface area contributed by atoms with Crippen LogP contribution in [-0.4, -0.2) is 50.0 Å². The van der Waals surface area contributed by atoms with Crippen molar-refractivity contribution >= 4 is 27.4 Å². The lowest BCUT2D eigenvalue weighted by Gasteiger charge is -2.22. The first-order valence-corrected chi connectivity index (χ1v) is 9.02. The maximum Gasteiger partial charge on any atom is 0.326 e. The number of nitrogens with zero attached hydrogens (tertiary/aromatic N) is 2. The predicted molar refractivity (Wildman–Crippen MR) is 85.0 cm³/mol. The van der Waals surface area contributed by atoms with Gasteiger partial charge in [-0.15, -0.1) is 0 Å². The van der Waals surface area contributed by atoms with Gasteiger partial charge < -0.3 is 5.11 Å². The Morgan fingerprint density at radius 1 is 1.33 bits per heavy atom. The van der Waals surface area contributed by atoms with E-state index in [0.717, 1.165) is 18.4 Å². The number of benzene rings is 1. The van der Waals surface area contributed by atoms with Crippen LogP contribution in [0.25, 0.3) is 5.57 Å². The minimum absolute atomic E-state index is 0.0804. The average molecular weight is 353 g/mol. The fourth-order valence-electron chi connectivity index (χ4n) is 3.79. The third kappa shape index (κ3) is 2.04. The number of aromatic hydroxyl groups is 1. The molecule has 2 unspecified atom stereocenters. The maximum atomic E-state index is 15.1. The molecule has 3 heterocycles. The third-order valence-electron chi connectivity index (χ3n) is 4.96. The summed E-state index contributed by atoms with van der Waals surface area (Å²) in [7, 11) is -2.22. The molecule has 2 fully saturated rings. The second-order valence-corrected chi connectivity index (χ2v) is 7.87. The number of amides is 1. The molecular weight excluding hydrogens is 337 g/mol. The molecule has 1 aromatic rings. The summed E-state index contributed by atoms with van der Waals surface area (Å²) in [6.07, 6.45) is 3.90. The van der Waals surface area contributed by atoms with E-state index in [2.05, 4.69) is 4.90 Å². The number of phenols is 1. The van der Waals surface area contributed by atoms with Gasteiger partial charge in [-0.1, -0.05) is 6.08 Å². The van der Waals surface area contributed by atoms with Crippen molar-refractivity contribution < 1.29 is 22.7 Å². The molecule has 9 heteroatoms. The number of hydrogen-bond donors (Lipinski definition) is 2. The van der Waals surface area contributed by atoms with Crippen LogP contribution >= 0.6 is 0 Å². The monoisotopic (exact) mass is 353 g/mol. The topological polar surface area (TPSA) is 89.9 Å². The normalized spacial score (nSPS) is 28.3. The van der Waals surface area contributed by atoms with Crippen molar-refractivity contribution in [1.29, 1.82) is 0 Å². The van der Waals surface area contributed by atoms with Crippen LogP contribution in [0, 0.1) is 5.82 Å². The van der Waals surface area contributed by atoms with Crippen molar-refractivity contribution in [2.24, 2.45) is 0 Å². The molecule has 2 N–H and O–H groups in total. The highest BCUT2D eigenvalue weighted by Crippen LogP contribution is 2.44. The van der Waals surface area contributed by atoms with Crippen molar-refractivity contribution in [3.8, 4) is 5.75 Å². The zero-order valence-corrected chi connectivity index (χ0v) is 13.7. The van der Waals surface area contributed by atoms with Gasteiger partial charge in [-0.05, 0) is 37.6 Å². The molecule has 2 bridgehead atoms. The van der Waals surface area contributed by atoms with Gasteiger partial charge in [0, 0.05) is 17.6 Å². The molecular formula is C15H16FN3O4S. The predicted octanol–water partition coefficient (Wildman–Crippen LogP) is 0.572. The molecule has 0 aromatic heterocycles. The fraction of sp³-hybridized carbons (Fsp3) is 0.400. The molecule has 0 aliphatic carbocycles. The molecule has 0 spiro atoms. The Kier molecular flexibility index (Phi) is 3.17. The molecule has 0 saturated carbocycles. The van der Waals surface area contributed by atoms with Crippen LogP contribution in [0.5, 0.6) is 5.75 Å². The van der Waals surface area contributed by atoms with Gasteiger partial charge in [-0.3, -0.25) is 9.69 Å². The van der Waals surface area contributed by atoms with Crippen LogP contribution < -0.4 is 9.03 Å². The summed E-state index contributed by atoms with van der Waals surface area (Å²) >= 11 is 0. The number of likely N-dealkylation sites (N-methyl/N-ethyl adjacent to an activating group) is 1. The highest BCUT2D eigenvalue weighted by molar-refractivity contribution is 7.92. The lowest BCUT2D eigenvalue weighted by molar-refractivity contribution is -0.117. The van der Waals surface area contributed by atoms with Crippen LogP contribution in [0.3, 0.4) is 0 Å². The van der Waals surface area contributed by atoms with E-state index < -0.39 is 39.9 Å². The van der Waals surface area contributed by atoms with Crippen molar-refractivity contribution in [3.05, 3.63) is 29.6 Å². The van der Waals surface area contributed by atoms with Gasteiger partial charge in [0.25, 0.3) is 5.91 Å². The summed E-state index contributed by atoms with van der Waals surface area (Å²) in [6, 6.07) is 3.04. The lowest BCUT2D eigenvalue weighted by atomic mass is 9.92. The number of nitrogens with one attached hydrogen (secondary N) is 1. The Hall–Kier alpha value is -2.13. The number of phenolic OH excluding ortho intramolecular Hbond substituents is 1. The van der Waals surface area contributed by atoms with E-state index in [0.29, 0.717) is 4.31 Å². The fourth-order valence-corrected chi connectivity index (χ4v) is 4.95. The molecule has 3 aliphatic heterocycles. The van der Waals surface area contributed by atoms with Crippen molar-refractivity contribution in [3.63, 3.8) is 0 Å². The molecule has 24 heavy (non-hydrogen) atoms. The Morgan fingerprint density at radius 2 is 2.08 bits per heavy atom. The summed E-state index contributed by atoms with van der Waals surface area (Å²) in [5.74, 6) is -2.12. The van der Waals surface area contributed by atoms with Gasteiger partial charge in [-0.25, -0.2) is 13.4 Å². The van der Waals surface area contributed by atoms with Crippen LogP contribution in [0.4, 0.5) is 10.1 Å². The van der Waals surface area contributed by atoms with Gasteiger partial charge >= 0.3 is 10.2 Å². The summed E-state index contributed by atoms with van der Waals surface area (Å²) in [6.45, 7) is -0.554. The minimum atomic E-state index is -4.19. The quantitative estimate of drug-likeness (QED) is 0.811. The summed E-state index contributed by atoms with van der Waals surface area (Å²) in [5, 5.41) is 10.0. The SMILES string of the molecule is CN1C2C=C(c3ccc(O)c(N4CC(=O)NS4(=O)=O)c3F)C1CC2. The van der Waals surface area contributed by atoms with Crippen LogP contribution in [0.2, 0.25) is 0 Å². The number of anilines is 1. The first-order valence-electron chi connectivity index (χ1n) is 7.58. The third-order valence-corrected chi connectivity index (χ3v) is 6.33. The van der Waals surface area contributed by atoms with E-state index in [9.17, 15) is 18.3 Å². The van der Waals surface area contributed by atoms with E-state index in [1.807, 2.05) is 13.1 Å². The highest BCUT2D eigenvalue weighted by atomic mass is 32.2. The molecule has 7 nitrogen and oxygen atoms in total. The molecule has 1 amide bonds. The Bertz CT molecular complexity index is 883. The minimum Gasteiger partial charge on any atom is -0.506 e. The zero-order valence-electron chi connectivity index (χ0n) is 12.9. The number of carbonyl (C=O) groups excluding carboxylic acids is 1. The van der Waals surface area contributed by atoms with Crippen molar-refractivity contribution in [1.82, 2.24) is 9.62 Å². The van der Waals surface area contributed by atoms with Gasteiger partial charge in [0.15, 0.2) is 5.82 Å².